The molecule has 1 aliphatic heterocycles. The fraction of sp³-hybridized carbons (Fsp3) is 0.222. The highest BCUT2D eigenvalue weighted by Crippen LogP contribution is 2.24. The van der Waals surface area contributed by atoms with E-state index in [-0.39, 0.29) is 25.2 Å². The lowest BCUT2D eigenvalue weighted by Gasteiger charge is -2.40. The second-order valence-corrected chi connectivity index (χ2v) is 7.99. The number of guanidine groups is 1. The average Bonchev–Trinajstić information content (AvgIpc) is 2.88. The Balaban J connectivity index is 1.57. The number of rotatable bonds is 5. The normalized spacial score (nSPS) is 16.9. The molecule has 0 radical (unpaired) electrons. The smallest absolute Gasteiger partial charge is 0.437 e. The Bertz CT molecular complexity index is 1120. The molecule has 3 aromatic carbocycles. The molecule has 34 heavy (non-hydrogen) atoms. The number of carbonyl (C=O) groups excluding carboxylic acids is 2. The van der Waals surface area contributed by atoms with E-state index in [2.05, 4.69) is 4.99 Å². The minimum absolute atomic E-state index is 0.0931. The van der Waals surface area contributed by atoms with Gasteiger partial charge in [-0.1, -0.05) is 78.9 Å². The number of benzene rings is 3. The van der Waals surface area contributed by atoms with Gasteiger partial charge in [0.25, 0.3) is 0 Å². The van der Waals surface area contributed by atoms with Gasteiger partial charge in [0, 0.05) is 18.3 Å². The number of hydrogen-bond acceptors (Lipinski definition) is 4. The SMILES string of the molecule is CC1CCN(c2ccccc2)/C(=N/C(=O)OCc2ccccc2)N1C(=O)OCc1ccccc1. The van der Waals surface area contributed by atoms with Crippen LogP contribution in [0, 0.1) is 0 Å². The summed E-state index contributed by atoms with van der Waals surface area (Å²) in [6.45, 7) is 2.73. The molecule has 0 N–H and O–H groups in total. The first-order valence-corrected chi connectivity index (χ1v) is 11.2. The van der Waals surface area contributed by atoms with Crippen molar-refractivity contribution < 1.29 is 19.1 Å². The number of para-hydroxylation sites is 1. The average molecular weight is 458 g/mol. The van der Waals surface area contributed by atoms with Gasteiger partial charge in [-0.2, -0.15) is 0 Å². The Morgan fingerprint density at radius 3 is 1.94 bits per heavy atom. The van der Waals surface area contributed by atoms with Crippen LogP contribution < -0.4 is 4.90 Å². The van der Waals surface area contributed by atoms with E-state index in [4.69, 9.17) is 9.47 Å². The van der Waals surface area contributed by atoms with E-state index >= 15 is 0 Å². The van der Waals surface area contributed by atoms with E-state index in [9.17, 15) is 9.59 Å². The minimum Gasteiger partial charge on any atom is -0.444 e. The number of hydrogen-bond donors (Lipinski definition) is 0. The molecule has 1 heterocycles. The van der Waals surface area contributed by atoms with Crippen LogP contribution in [0.1, 0.15) is 24.5 Å². The molecule has 174 valence electrons. The number of amides is 2. The van der Waals surface area contributed by atoms with Crippen LogP contribution in [0.5, 0.6) is 0 Å². The first kappa shape index (κ1) is 23.0. The van der Waals surface area contributed by atoms with Crippen LogP contribution >= 0.6 is 0 Å². The van der Waals surface area contributed by atoms with Crippen molar-refractivity contribution in [3.8, 4) is 0 Å². The van der Waals surface area contributed by atoms with Crippen LogP contribution in [0.25, 0.3) is 0 Å². The summed E-state index contributed by atoms with van der Waals surface area (Å²) in [5.41, 5.74) is 2.55. The molecular weight excluding hydrogens is 430 g/mol. The summed E-state index contributed by atoms with van der Waals surface area (Å²) in [6.07, 6.45) is -0.644. The van der Waals surface area contributed by atoms with E-state index in [1.807, 2.05) is 103 Å². The number of anilines is 1. The van der Waals surface area contributed by atoms with E-state index in [1.165, 1.54) is 4.90 Å². The third-order valence-corrected chi connectivity index (χ3v) is 5.53. The number of ether oxygens (including phenoxy) is 2. The maximum absolute atomic E-state index is 13.2. The molecule has 0 spiro atoms. The number of carbonyl (C=O) groups is 2. The fourth-order valence-corrected chi connectivity index (χ4v) is 3.72. The Labute approximate surface area is 199 Å². The van der Waals surface area contributed by atoms with Crippen molar-refractivity contribution in [3.63, 3.8) is 0 Å². The van der Waals surface area contributed by atoms with Crippen LogP contribution in [-0.4, -0.2) is 35.6 Å². The lowest BCUT2D eigenvalue weighted by molar-refractivity contribution is 0.103. The monoisotopic (exact) mass is 457 g/mol. The Kier molecular flexibility index (Phi) is 7.55. The highest BCUT2D eigenvalue weighted by Gasteiger charge is 2.36. The van der Waals surface area contributed by atoms with Crippen molar-refractivity contribution in [3.05, 3.63) is 102 Å². The standard InChI is InChI=1S/C27H27N3O4/c1-21-17-18-29(24-15-9-4-10-16-24)25(28-26(31)33-19-22-11-5-2-6-12-22)30(21)27(32)34-20-23-13-7-3-8-14-23/h2-16,21H,17-20H2,1H3/b28-25-. The van der Waals surface area contributed by atoms with Gasteiger partial charge in [-0.05, 0) is 36.6 Å². The molecule has 4 rings (SSSR count). The minimum atomic E-state index is -0.769. The first-order chi connectivity index (χ1) is 16.6. The number of aliphatic imine (C=N–C) groups is 1. The molecule has 0 saturated carbocycles. The summed E-state index contributed by atoms with van der Waals surface area (Å²) >= 11 is 0. The predicted molar refractivity (Wildman–Crippen MR) is 130 cm³/mol. The second kappa shape index (κ2) is 11.1. The van der Waals surface area contributed by atoms with Gasteiger partial charge in [-0.25, -0.2) is 14.5 Å². The van der Waals surface area contributed by atoms with Crippen LogP contribution in [0.2, 0.25) is 0 Å². The summed E-state index contributed by atoms with van der Waals surface area (Å²) in [4.78, 5) is 33.4. The molecule has 7 nitrogen and oxygen atoms in total. The van der Waals surface area contributed by atoms with Crippen molar-refractivity contribution in [1.29, 1.82) is 0 Å². The third kappa shape index (κ3) is 5.81. The molecule has 1 fully saturated rings. The van der Waals surface area contributed by atoms with Crippen LogP contribution in [0.4, 0.5) is 15.3 Å². The van der Waals surface area contributed by atoms with Crippen molar-refractivity contribution in [2.75, 3.05) is 11.4 Å². The van der Waals surface area contributed by atoms with Crippen LogP contribution in [0.3, 0.4) is 0 Å². The lowest BCUT2D eigenvalue weighted by atomic mass is 10.1. The van der Waals surface area contributed by atoms with Crippen molar-refractivity contribution in [2.45, 2.75) is 32.6 Å². The van der Waals surface area contributed by atoms with E-state index in [1.54, 1.807) is 0 Å². The van der Waals surface area contributed by atoms with E-state index in [0.717, 1.165) is 16.8 Å². The molecule has 2 amide bonds. The van der Waals surface area contributed by atoms with Gasteiger partial charge in [0.2, 0.25) is 5.96 Å². The summed E-state index contributed by atoms with van der Waals surface area (Å²) in [5, 5.41) is 0. The summed E-state index contributed by atoms with van der Waals surface area (Å²) in [7, 11) is 0. The van der Waals surface area contributed by atoms with Crippen molar-refractivity contribution in [1.82, 2.24) is 4.90 Å². The molecule has 1 saturated heterocycles. The largest absolute Gasteiger partial charge is 0.444 e. The van der Waals surface area contributed by atoms with Crippen LogP contribution in [-0.2, 0) is 22.7 Å². The van der Waals surface area contributed by atoms with Crippen molar-refractivity contribution >= 4 is 23.8 Å². The Morgan fingerprint density at radius 2 is 1.35 bits per heavy atom. The molecule has 1 atom stereocenters. The second-order valence-electron chi connectivity index (χ2n) is 7.99. The zero-order valence-electron chi connectivity index (χ0n) is 19.0. The van der Waals surface area contributed by atoms with Gasteiger partial charge < -0.3 is 14.4 Å². The summed E-state index contributed by atoms with van der Waals surface area (Å²) in [5.74, 6) is 0.195. The first-order valence-electron chi connectivity index (χ1n) is 11.2. The van der Waals surface area contributed by atoms with Crippen LogP contribution in [0.15, 0.2) is 96.0 Å². The molecule has 3 aromatic rings. The molecule has 7 heteroatoms. The van der Waals surface area contributed by atoms with Gasteiger partial charge >= 0.3 is 12.2 Å². The molecule has 0 bridgehead atoms. The fourth-order valence-electron chi connectivity index (χ4n) is 3.72. The summed E-state index contributed by atoms with van der Waals surface area (Å²) < 4.78 is 11.0. The lowest BCUT2D eigenvalue weighted by Crippen LogP contribution is -2.57. The molecule has 1 unspecified atom stereocenters. The van der Waals surface area contributed by atoms with Crippen molar-refractivity contribution in [2.24, 2.45) is 4.99 Å². The topological polar surface area (TPSA) is 71.4 Å². The molecule has 0 aromatic heterocycles. The predicted octanol–water partition coefficient (Wildman–Crippen LogP) is 5.62. The quantitative estimate of drug-likeness (QED) is 0.498. The van der Waals surface area contributed by atoms with Gasteiger partial charge in [-0.3, -0.25) is 0 Å². The molecule has 1 aliphatic rings. The highest BCUT2D eigenvalue weighted by molar-refractivity contribution is 6.08. The summed E-state index contributed by atoms with van der Waals surface area (Å²) in [6, 6.07) is 28.2. The maximum Gasteiger partial charge on any atom is 0.437 e. The zero-order valence-corrected chi connectivity index (χ0v) is 19.0. The van der Waals surface area contributed by atoms with Gasteiger partial charge in [0.15, 0.2) is 0 Å². The molecule has 0 aliphatic carbocycles. The molecular formula is C27H27N3O4. The zero-order chi connectivity index (χ0) is 23.8. The number of nitrogens with zero attached hydrogens (tertiary/aromatic N) is 3. The Morgan fingerprint density at radius 1 is 0.824 bits per heavy atom. The van der Waals surface area contributed by atoms with Gasteiger partial charge in [0.1, 0.15) is 13.2 Å². The maximum atomic E-state index is 13.2. The van der Waals surface area contributed by atoms with Gasteiger partial charge in [0.05, 0.1) is 0 Å². The Hall–Kier alpha value is -4.13. The van der Waals surface area contributed by atoms with Gasteiger partial charge in [-0.15, -0.1) is 4.99 Å². The van der Waals surface area contributed by atoms with E-state index < -0.39 is 12.2 Å². The highest BCUT2D eigenvalue weighted by atomic mass is 16.6. The third-order valence-electron chi connectivity index (χ3n) is 5.53. The van der Waals surface area contributed by atoms with E-state index in [0.29, 0.717) is 13.0 Å².